The molecule has 1 aromatic heterocycles. The second-order valence-corrected chi connectivity index (χ2v) is 5.01. The van der Waals surface area contributed by atoms with E-state index in [1.54, 1.807) is 6.07 Å². The number of anilines is 1. The summed E-state index contributed by atoms with van der Waals surface area (Å²) in [6, 6.07) is 7.23. The minimum atomic E-state index is -0.991. The van der Waals surface area contributed by atoms with Gasteiger partial charge < -0.3 is 10.4 Å². The Hall–Kier alpha value is -2.28. The van der Waals surface area contributed by atoms with E-state index in [9.17, 15) is 14.0 Å². The number of carboxylic acids is 1. The Morgan fingerprint density at radius 1 is 1.29 bits per heavy atom. The number of carboxylic acid groups (broad SMARTS) is 1. The molecule has 2 aromatic rings. The zero-order valence-electron chi connectivity index (χ0n) is 10.6. The Bertz CT molecular complexity index is 669. The van der Waals surface area contributed by atoms with Crippen molar-refractivity contribution in [1.29, 1.82) is 0 Å². The van der Waals surface area contributed by atoms with Crippen LogP contribution in [0.1, 0.15) is 16.1 Å². The van der Waals surface area contributed by atoms with E-state index in [1.165, 1.54) is 30.5 Å². The lowest BCUT2D eigenvalue weighted by molar-refractivity contribution is -0.136. The van der Waals surface area contributed by atoms with Crippen molar-refractivity contribution < 1.29 is 19.1 Å². The summed E-state index contributed by atoms with van der Waals surface area (Å²) in [5, 5.41) is 11.1. The number of amides is 1. The first-order valence-corrected chi connectivity index (χ1v) is 6.69. The molecule has 0 saturated carbocycles. The van der Waals surface area contributed by atoms with Gasteiger partial charge in [0.05, 0.1) is 29.6 Å². The summed E-state index contributed by atoms with van der Waals surface area (Å²) in [5.41, 5.74) is 0.615. The number of carbonyl (C=O) groups is 2. The molecule has 0 aliphatic carbocycles. The second-order valence-electron chi connectivity index (χ2n) is 4.16. The lowest BCUT2D eigenvalue weighted by Gasteiger charge is -2.08. The third kappa shape index (κ3) is 3.85. The molecular weight excluding hydrogens is 343 g/mol. The Morgan fingerprint density at radius 3 is 2.62 bits per heavy atom. The number of carbonyl (C=O) groups excluding carboxylic acids is 1. The number of nitrogens with zero attached hydrogens (tertiary/aromatic N) is 1. The van der Waals surface area contributed by atoms with Gasteiger partial charge >= 0.3 is 5.97 Å². The number of rotatable bonds is 4. The Kier molecular flexibility index (Phi) is 4.64. The number of hydrogen-bond acceptors (Lipinski definition) is 3. The molecule has 1 amide bonds. The number of pyridine rings is 1. The van der Waals surface area contributed by atoms with E-state index >= 15 is 0 Å². The molecule has 2 rings (SSSR count). The van der Waals surface area contributed by atoms with Gasteiger partial charge in [0.25, 0.3) is 5.91 Å². The van der Waals surface area contributed by atoms with Crippen molar-refractivity contribution in [2.45, 2.75) is 6.42 Å². The molecule has 0 aliphatic rings. The van der Waals surface area contributed by atoms with Crippen molar-refractivity contribution in [3.05, 3.63) is 58.1 Å². The molecule has 0 aliphatic heterocycles. The van der Waals surface area contributed by atoms with Crippen molar-refractivity contribution >= 4 is 33.5 Å². The van der Waals surface area contributed by atoms with E-state index in [1.807, 2.05) is 0 Å². The normalized spacial score (nSPS) is 10.2. The van der Waals surface area contributed by atoms with Gasteiger partial charge in [0, 0.05) is 4.47 Å². The third-order valence-corrected chi connectivity index (χ3v) is 3.27. The smallest absolute Gasteiger partial charge is 0.309 e. The fraction of sp³-hybridized carbons (Fsp3) is 0.0714. The first kappa shape index (κ1) is 15.1. The maximum atomic E-state index is 13.6. The van der Waals surface area contributed by atoms with Gasteiger partial charge in [-0.3, -0.25) is 14.6 Å². The van der Waals surface area contributed by atoms with E-state index < -0.39 is 17.7 Å². The predicted octanol–water partition coefficient (Wildman–Crippen LogP) is 2.86. The van der Waals surface area contributed by atoms with E-state index in [-0.39, 0.29) is 12.0 Å². The first-order valence-electron chi connectivity index (χ1n) is 5.89. The molecule has 1 heterocycles. The molecule has 7 heteroatoms. The highest BCUT2D eigenvalue weighted by Gasteiger charge is 2.15. The van der Waals surface area contributed by atoms with Gasteiger partial charge in [-0.05, 0) is 40.2 Å². The van der Waals surface area contributed by atoms with Crippen LogP contribution in [-0.2, 0) is 11.2 Å². The van der Waals surface area contributed by atoms with E-state index in [0.29, 0.717) is 15.9 Å². The molecule has 2 N–H and O–H groups in total. The minimum absolute atomic E-state index is 0.105. The van der Waals surface area contributed by atoms with E-state index in [0.717, 1.165) is 0 Å². The van der Waals surface area contributed by atoms with Crippen LogP contribution in [0.15, 0.2) is 41.0 Å². The third-order valence-electron chi connectivity index (χ3n) is 2.60. The maximum absolute atomic E-state index is 13.6. The van der Waals surface area contributed by atoms with Crippen molar-refractivity contribution in [2.24, 2.45) is 0 Å². The molecular formula is C14H10BrFN2O3. The summed E-state index contributed by atoms with van der Waals surface area (Å²) < 4.78 is 14.0. The lowest BCUT2D eigenvalue weighted by Crippen LogP contribution is -2.15. The van der Waals surface area contributed by atoms with Crippen LogP contribution < -0.4 is 5.32 Å². The zero-order valence-corrected chi connectivity index (χ0v) is 12.2. The molecule has 1 aromatic carbocycles. The Labute approximate surface area is 128 Å². The predicted molar refractivity (Wildman–Crippen MR) is 77.6 cm³/mol. The molecule has 0 bridgehead atoms. The zero-order chi connectivity index (χ0) is 15.4. The highest BCUT2D eigenvalue weighted by atomic mass is 79.9. The van der Waals surface area contributed by atoms with Gasteiger partial charge in [-0.25, -0.2) is 4.39 Å². The highest BCUT2D eigenvalue weighted by molar-refractivity contribution is 9.10. The van der Waals surface area contributed by atoms with Gasteiger partial charge in [-0.2, -0.15) is 0 Å². The van der Waals surface area contributed by atoms with Gasteiger partial charge in [-0.15, -0.1) is 0 Å². The SMILES string of the molecule is O=C(O)Cc1ccc(NC(=O)c2c(F)cccc2Br)cn1. The summed E-state index contributed by atoms with van der Waals surface area (Å²) in [7, 11) is 0. The quantitative estimate of drug-likeness (QED) is 0.886. The fourth-order valence-electron chi connectivity index (χ4n) is 1.67. The highest BCUT2D eigenvalue weighted by Crippen LogP contribution is 2.21. The summed E-state index contributed by atoms with van der Waals surface area (Å²) in [5.74, 6) is -2.25. The average Bonchev–Trinajstić information content (AvgIpc) is 2.40. The number of benzene rings is 1. The van der Waals surface area contributed by atoms with Crippen LogP contribution in [0.5, 0.6) is 0 Å². The van der Waals surface area contributed by atoms with Crippen LogP contribution in [0.2, 0.25) is 0 Å². The Morgan fingerprint density at radius 2 is 2.05 bits per heavy atom. The standard InChI is InChI=1S/C14H10BrFN2O3/c15-10-2-1-3-11(16)13(10)14(21)18-9-5-4-8(17-7-9)6-12(19)20/h1-5,7H,6H2,(H,18,21)(H,19,20). The molecule has 0 saturated heterocycles. The van der Waals surface area contributed by atoms with Crippen molar-refractivity contribution in [1.82, 2.24) is 4.98 Å². The van der Waals surface area contributed by atoms with E-state index in [2.05, 4.69) is 26.2 Å². The van der Waals surface area contributed by atoms with Crippen LogP contribution in [0.25, 0.3) is 0 Å². The first-order chi connectivity index (χ1) is 9.97. The van der Waals surface area contributed by atoms with Crippen LogP contribution in [-0.4, -0.2) is 22.0 Å². The molecule has 21 heavy (non-hydrogen) atoms. The van der Waals surface area contributed by atoms with Crippen LogP contribution >= 0.6 is 15.9 Å². The number of aromatic nitrogens is 1. The van der Waals surface area contributed by atoms with Crippen molar-refractivity contribution in [3.63, 3.8) is 0 Å². The number of hydrogen-bond donors (Lipinski definition) is 2. The van der Waals surface area contributed by atoms with Crippen LogP contribution in [0.3, 0.4) is 0 Å². The molecule has 0 fully saturated rings. The van der Waals surface area contributed by atoms with Gasteiger partial charge in [0.1, 0.15) is 5.82 Å². The monoisotopic (exact) mass is 352 g/mol. The van der Waals surface area contributed by atoms with Gasteiger partial charge in [-0.1, -0.05) is 6.07 Å². The van der Waals surface area contributed by atoms with Crippen molar-refractivity contribution in [2.75, 3.05) is 5.32 Å². The number of halogens is 2. The fourth-order valence-corrected chi connectivity index (χ4v) is 2.19. The summed E-state index contributed by atoms with van der Waals surface area (Å²) in [4.78, 5) is 26.5. The molecule has 0 atom stereocenters. The topological polar surface area (TPSA) is 79.3 Å². The summed E-state index contributed by atoms with van der Waals surface area (Å²) >= 11 is 3.12. The molecule has 108 valence electrons. The lowest BCUT2D eigenvalue weighted by atomic mass is 10.2. The average molecular weight is 353 g/mol. The van der Waals surface area contributed by atoms with Gasteiger partial charge in [0.2, 0.25) is 0 Å². The van der Waals surface area contributed by atoms with Crippen LogP contribution in [0, 0.1) is 5.82 Å². The molecule has 0 radical (unpaired) electrons. The number of aliphatic carboxylic acids is 1. The summed E-state index contributed by atoms with van der Waals surface area (Å²) in [6.07, 6.45) is 1.12. The van der Waals surface area contributed by atoms with Crippen LogP contribution in [0.4, 0.5) is 10.1 Å². The van der Waals surface area contributed by atoms with Gasteiger partial charge in [0.15, 0.2) is 0 Å². The van der Waals surface area contributed by atoms with E-state index in [4.69, 9.17) is 5.11 Å². The maximum Gasteiger partial charge on any atom is 0.309 e. The minimum Gasteiger partial charge on any atom is -0.481 e. The molecule has 0 unspecified atom stereocenters. The molecule has 0 spiro atoms. The molecule has 5 nitrogen and oxygen atoms in total. The summed E-state index contributed by atoms with van der Waals surface area (Å²) in [6.45, 7) is 0. The largest absolute Gasteiger partial charge is 0.481 e. The van der Waals surface area contributed by atoms with Crippen molar-refractivity contribution in [3.8, 4) is 0 Å². The second kappa shape index (κ2) is 6.45. The number of nitrogens with one attached hydrogen (secondary N) is 1. The Balaban J connectivity index is 2.14.